The Hall–Kier alpha value is -3.05. The fraction of sp³-hybridized carbons (Fsp3) is 0. The molecule has 0 spiro atoms. The third kappa shape index (κ3) is 2.58. The predicted octanol–water partition coefficient (Wildman–Crippen LogP) is 4.90. The van der Waals surface area contributed by atoms with E-state index in [1.807, 2.05) is 30.3 Å². The van der Waals surface area contributed by atoms with Gasteiger partial charge in [-0.25, -0.2) is 9.07 Å². The monoisotopic (exact) mass is 354 g/mol. The molecule has 0 saturated heterocycles. The molecule has 4 rings (SSSR count). The van der Waals surface area contributed by atoms with Crippen molar-refractivity contribution in [3.63, 3.8) is 0 Å². The van der Waals surface area contributed by atoms with E-state index in [2.05, 4.69) is 5.10 Å². The van der Waals surface area contributed by atoms with Gasteiger partial charge in [-0.3, -0.25) is 0 Å². The summed E-state index contributed by atoms with van der Waals surface area (Å²) in [6.45, 7) is 0. The first-order chi connectivity index (χ1) is 12.0. The van der Waals surface area contributed by atoms with Crippen molar-refractivity contribution in [1.82, 2.24) is 9.78 Å². The van der Waals surface area contributed by atoms with E-state index in [-0.39, 0.29) is 10.8 Å². The second-order valence-corrected chi connectivity index (χ2v) is 5.99. The molecule has 0 bridgehead atoms. The second-order valence-electron chi connectivity index (χ2n) is 5.61. The Kier molecular flexibility index (Phi) is 3.58. The zero-order chi connectivity index (χ0) is 17.6. The van der Waals surface area contributed by atoms with E-state index < -0.39 is 11.6 Å². The number of aromatic hydroxyl groups is 2. The number of fused-ring (bicyclic) bond motifs is 1. The quantitative estimate of drug-likeness (QED) is 0.538. The maximum Gasteiger partial charge on any atom is 0.172 e. The van der Waals surface area contributed by atoms with Gasteiger partial charge in [0.15, 0.2) is 11.6 Å². The highest BCUT2D eigenvalue weighted by atomic mass is 35.5. The van der Waals surface area contributed by atoms with Gasteiger partial charge in [0.2, 0.25) is 0 Å². The fourth-order valence-electron chi connectivity index (χ4n) is 2.78. The summed E-state index contributed by atoms with van der Waals surface area (Å²) in [5, 5.41) is 24.0. The Balaban J connectivity index is 1.81. The lowest BCUT2D eigenvalue weighted by Gasteiger charge is -2.08. The predicted molar refractivity (Wildman–Crippen MR) is 94.8 cm³/mol. The normalized spacial score (nSPS) is 11.1. The zero-order valence-electron chi connectivity index (χ0n) is 12.8. The Bertz CT molecular complexity index is 1090. The maximum absolute atomic E-state index is 13.6. The number of hydrogen-bond acceptors (Lipinski definition) is 3. The van der Waals surface area contributed by atoms with E-state index in [1.54, 1.807) is 22.9 Å². The van der Waals surface area contributed by atoms with Crippen molar-refractivity contribution < 1.29 is 14.6 Å². The van der Waals surface area contributed by atoms with Crippen molar-refractivity contribution in [3.05, 3.63) is 71.6 Å². The number of rotatable bonds is 2. The molecule has 0 aliphatic rings. The van der Waals surface area contributed by atoms with Crippen molar-refractivity contribution in [2.24, 2.45) is 0 Å². The average Bonchev–Trinajstić information content (AvgIpc) is 3.04. The molecule has 0 saturated carbocycles. The highest BCUT2D eigenvalue weighted by molar-refractivity contribution is 6.36. The summed E-state index contributed by atoms with van der Waals surface area (Å²) in [4.78, 5) is 0. The number of phenols is 2. The van der Waals surface area contributed by atoms with Crippen molar-refractivity contribution in [2.75, 3.05) is 0 Å². The van der Waals surface area contributed by atoms with Crippen LogP contribution < -0.4 is 0 Å². The number of benzene rings is 3. The average molecular weight is 355 g/mol. The molecule has 0 atom stereocenters. The third-order valence-electron chi connectivity index (χ3n) is 4.01. The van der Waals surface area contributed by atoms with Gasteiger partial charge in [0, 0.05) is 5.39 Å². The van der Waals surface area contributed by atoms with Crippen LogP contribution in [0.1, 0.15) is 0 Å². The topological polar surface area (TPSA) is 58.3 Å². The first-order valence-electron chi connectivity index (χ1n) is 7.49. The van der Waals surface area contributed by atoms with Crippen molar-refractivity contribution in [2.45, 2.75) is 0 Å². The number of halogens is 2. The van der Waals surface area contributed by atoms with Crippen LogP contribution in [0, 0.1) is 5.82 Å². The first kappa shape index (κ1) is 15.5. The molecule has 0 aliphatic heterocycles. The van der Waals surface area contributed by atoms with Crippen molar-refractivity contribution in [1.29, 1.82) is 0 Å². The molecule has 6 heteroatoms. The summed E-state index contributed by atoms with van der Waals surface area (Å²) < 4.78 is 15.1. The number of aromatic nitrogens is 2. The third-order valence-corrected chi connectivity index (χ3v) is 4.37. The lowest BCUT2D eigenvalue weighted by molar-refractivity contribution is 0.434. The molecule has 3 aromatic carbocycles. The van der Waals surface area contributed by atoms with Crippen molar-refractivity contribution in [3.8, 4) is 28.3 Å². The summed E-state index contributed by atoms with van der Waals surface area (Å²) in [7, 11) is 0. The summed E-state index contributed by atoms with van der Waals surface area (Å²) in [5.41, 5.74) is 2.96. The minimum atomic E-state index is -0.781. The number of hydrogen-bond donors (Lipinski definition) is 2. The van der Waals surface area contributed by atoms with Gasteiger partial charge >= 0.3 is 0 Å². The largest absolute Gasteiger partial charge is 0.508 e. The number of nitrogens with zero attached hydrogens (tertiary/aromatic N) is 2. The van der Waals surface area contributed by atoms with E-state index in [0.29, 0.717) is 16.6 Å². The molecule has 1 aromatic heterocycles. The highest BCUT2D eigenvalue weighted by Crippen LogP contribution is 2.35. The molecule has 4 nitrogen and oxygen atoms in total. The van der Waals surface area contributed by atoms with Gasteiger partial charge in [-0.05, 0) is 41.5 Å². The van der Waals surface area contributed by atoms with Crippen LogP contribution in [0.4, 0.5) is 4.39 Å². The molecule has 124 valence electrons. The Labute approximate surface area is 147 Å². The van der Waals surface area contributed by atoms with Crippen LogP contribution in [0.2, 0.25) is 5.02 Å². The van der Waals surface area contributed by atoms with E-state index in [0.717, 1.165) is 11.1 Å². The molecule has 0 unspecified atom stereocenters. The molecular weight excluding hydrogens is 343 g/mol. The van der Waals surface area contributed by atoms with Gasteiger partial charge in [0.1, 0.15) is 10.8 Å². The summed E-state index contributed by atoms with van der Waals surface area (Å²) in [6, 6.07) is 15.6. The van der Waals surface area contributed by atoms with E-state index >= 15 is 0 Å². The van der Waals surface area contributed by atoms with Gasteiger partial charge in [-0.1, -0.05) is 35.9 Å². The van der Waals surface area contributed by atoms with Crippen LogP contribution in [-0.2, 0) is 0 Å². The molecular formula is C19H12ClFN2O2. The van der Waals surface area contributed by atoms with E-state index in [4.69, 9.17) is 11.6 Å². The number of phenolic OH excluding ortho intramolecular Hbond substituents is 2. The Morgan fingerprint density at radius 3 is 2.44 bits per heavy atom. The van der Waals surface area contributed by atoms with Crippen LogP contribution in [0.25, 0.3) is 27.7 Å². The minimum Gasteiger partial charge on any atom is -0.508 e. The molecule has 4 aromatic rings. The van der Waals surface area contributed by atoms with Crippen LogP contribution >= 0.6 is 11.6 Å². The van der Waals surface area contributed by atoms with Gasteiger partial charge in [0.25, 0.3) is 0 Å². The second kappa shape index (κ2) is 5.79. The van der Waals surface area contributed by atoms with Crippen LogP contribution in [0.15, 0.2) is 60.8 Å². The van der Waals surface area contributed by atoms with E-state index in [1.165, 1.54) is 12.3 Å². The van der Waals surface area contributed by atoms with Crippen molar-refractivity contribution >= 4 is 22.5 Å². The summed E-state index contributed by atoms with van der Waals surface area (Å²) >= 11 is 6.09. The molecule has 0 fully saturated rings. The first-order valence-corrected chi connectivity index (χ1v) is 7.87. The highest BCUT2D eigenvalue weighted by Gasteiger charge is 2.16. The minimum absolute atomic E-state index is 0.0791. The zero-order valence-corrected chi connectivity index (χ0v) is 13.6. The van der Waals surface area contributed by atoms with Gasteiger partial charge in [-0.2, -0.15) is 5.10 Å². The molecule has 25 heavy (non-hydrogen) atoms. The van der Waals surface area contributed by atoms with Gasteiger partial charge in [-0.15, -0.1) is 0 Å². The molecule has 0 amide bonds. The van der Waals surface area contributed by atoms with Crippen LogP contribution in [0.5, 0.6) is 11.5 Å². The molecule has 1 heterocycles. The molecule has 2 N–H and O–H groups in total. The van der Waals surface area contributed by atoms with Crippen LogP contribution in [0.3, 0.4) is 0 Å². The maximum atomic E-state index is 13.6. The standard InChI is InChI=1S/C19H12ClFN2O2/c20-17-18-13(9-16(21)19(17)25)10-22-23(18)14-6-4-11(5-7-14)12-2-1-3-15(24)8-12/h1-10,24-25H. The lowest BCUT2D eigenvalue weighted by atomic mass is 10.1. The summed E-state index contributed by atoms with van der Waals surface area (Å²) in [5.74, 6) is -1.17. The van der Waals surface area contributed by atoms with Gasteiger partial charge in [0.05, 0.1) is 17.4 Å². The molecule has 0 radical (unpaired) electrons. The smallest absolute Gasteiger partial charge is 0.172 e. The fourth-order valence-corrected chi connectivity index (χ4v) is 3.06. The Morgan fingerprint density at radius 1 is 0.960 bits per heavy atom. The lowest BCUT2D eigenvalue weighted by Crippen LogP contribution is -1.96. The van der Waals surface area contributed by atoms with E-state index in [9.17, 15) is 14.6 Å². The Morgan fingerprint density at radius 2 is 1.72 bits per heavy atom. The summed E-state index contributed by atoms with van der Waals surface area (Å²) in [6.07, 6.45) is 1.49. The van der Waals surface area contributed by atoms with Crippen LogP contribution in [-0.4, -0.2) is 20.0 Å². The van der Waals surface area contributed by atoms with Gasteiger partial charge < -0.3 is 10.2 Å². The molecule has 0 aliphatic carbocycles. The SMILES string of the molecule is Oc1cccc(-c2ccc(-n3ncc4cc(F)c(O)c(Cl)c43)cc2)c1.